The van der Waals surface area contributed by atoms with Crippen LogP contribution in [0.1, 0.15) is 0 Å². The summed E-state index contributed by atoms with van der Waals surface area (Å²) in [5, 5.41) is 2.88. The third-order valence-electron chi connectivity index (χ3n) is 1.62. The minimum atomic E-state index is 0.284. The summed E-state index contributed by atoms with van der Waals surface area (Å²) in [6.07, 6.45) is 0.792. The molecule has 0 radical (unpaired) electrons. The summed E-state index contributed by atoms with van der Waals surface area (Å²) in [4.78, 5) is 10.1. The number of hydrogen-bond acceptors (Lipinski definition) is 4. The first-order valence-electron chi connectivity index (χ1n) is 3.89. The smallest absolute Gasteiger partial charge is 0.141 e. The normalized spacial score (nSPS) is 9.31. The molecule has 70 valence electrons. The predicted molar refractivity (Wildman–Crippen MR) is 52.0 cm³/mol. The highest BCUT2D eigenvalue weighted by Gasteiger charge is 1.98. The number of nitrogens with two attached hydrogens (primary N) is 1. The molecule has 1 rings (SSSR count). The van der Waals surface area contributed by atoms with E-state index < -0.39 is 0 Å². The van der Waals surface area contributed by atoms with Gasteiger partial charge in [0.2, 0.25) is 0 Å². The number of nitrogen functional groups attached to an aromatic ring is 1. The van der Waals surface area contributed by atoms with Gasteiger partial charge in [-0.05, 0) is 18.2 Å². The maximum atomic E-state index is 10.1. The van der Waals surface area contributed by atoms with E-state index in [4.69, 9.17) is 10.5 Å². The molecule has 0 heterocycles. The maximum Gasteiger partial charge on any atom is 0.141 e. The van der Waals surface area contributed by atoms with E-state index in [1.807, 2.05) is 0 Å². The number of nitrogens with one attached hydrogen (secondary N) is 1. The van der Waals surface area contributed by atoms with Gasteiger partial charge in [-0.25, -0.2) is 0 Å². The average molecular weight is 180 g/mol. The van der Waals surface area contributed by atoms with Crippen LogP contribution in [0.5, 0.6) is 5.75 Å². The van der Waals surface area contributed by atoms with E-state index in [0.29, 0.717) is 11.4 Å². The molecule has 4 nitrogen and oxygen atoms in total. The summed E-state index contributed by atoms with van der Waals surface area (Å²) in [6.45, 7) is 0.284. The number of anilines is 2. The highest BCUT2D eigenvalue weighted by atomic mass is 16.5. The van der Waals surface area contributed by atoms with Crippen molar-refractivity contribution in [3.63, 3.8) is 0 Å². The zero-order chi connectivity index (χ0) is 9.68. The average Bonchev–Trinajstić information content (AvgIpc) is 2.15. The van der Waals surface area contributed by atoms with Crippen molar-refractivity contribution in [1.29, 1.82) is 0 Å². The fourth-order valence-electron chi connectivity index (χ4n) is 1.00. The molecule has 0 aliphatic carbocycles. The summed E-state index contributed by atoms with van der Waals surface area (Å²) < 4.78 is 4.98. The minimum Gasteiger partial charge on any atom is -0.495 e. The molecule has 0 unspecified atom stereocenters. The van der Waals surface area contributed by atoms with Crippen molar-refractivity contribution in [2.24, 2.45) is 0 Å². The first kappa shape index (κ1) is 9.38. The van der Waals surface area contributed by atoms with Crippen molar-refractivity contribution < 1.29 is 9.53 Å². The number of carbonyl (C=O) groups excluding carboxylic acids is 1. The van der Waals surface area contributed by atoms with Crippen molar-refractivity contribution in [2.45, 2.75) is 0 Å². The van der Waals surface area contributed by atoms with Gasteiger partial charge in [0.25, 0.3) is 0 Å². The molecule has 0 saturated heterocycles. The molecule has 3 N–H and O–H groups in total. The van der Waals surface area contributed by atoms with Gasteiger partial charge in [0.05, 0.1) is 19.3 Å². The lowest BCUT2D eigenvalue weighted by molar-refractivity contribution is -0.106. The lowest BCUT2D eigenvalue weighted by atomic mass is 10.2. The Morgan fingerprint density at radius 3 is 2.92 bits per heavy atom. The van der Waals surface area contributed by atoms with Crippen molar-refractivity contribution in [3.05, 3.63) is 18.2 Å². The lowest BCUT2D eigenvalue weighted by Gasteiger charge is -2.07. The van der Waals surface area contributed by atoms with E-state index >= 15 is 0 Å². The van der Waals surface area contributed by atoms with Crippen LogP contribution >= 0.6 is 0 Å². The molecule has 1 aromatic carbocycles. The number of hydrogen-bond donors (Lipinski definition) is 2. The molecule has 0 atom stereocenters. The molecule has 0 aromatic heterocycles. The second kappa shape index (κ2) is 4.35. The molecule has 13 heavy (non-hydrogen) atoms. The SMILES string of the molecule is COc1ccc(NCC=O)cc1N. The number of benzene rings is 1. The summed E-state index contributed by atoms with van der Waals surface area (Å²) >= 11 is 0. The second-order valence-electron chi connectivity index (χ2n) is 2.50. The van der Waals surface area contributed by atoms with Crippen molar-refractivity contribution in [3.8, 4) is 5.75 Å². The lowest BCUT2D eigenvalue weighted by Crippen LogP contribution is -2.02. The summed E-state index contributed by atoms with van der Waals surface area (Å²) in [6, 6.07) is 5.28. The summed E-state index contributed by atoms with van der Waals surface area (Å²) in [5.41, 5.74) is 7.01. The molecule has 0 amide bonds. The van der Waals surface area contributed by atoms with E-state index in [9.17, 15) is 4.79 Å². The number of methoxy groups -OCH3 is 1. The van der Waals surface area contributed by atoms with Gasteiger partial charge in [0.15, 0.2) is 0 Å². The quantitative estimate of drug-likeness (QED) is 0.533. The van der Waals surface area contributed by atoms with Crippen molar-refractivity contribution >= 4 is 17.7 Å². The molecule has 0 bridgehead atoms. The predicted octanol–water partition coefficient (Wildman–Crippen LogP) is 0.888. The van der Waals surface area contributed by atoms with Crippen molar-refractivity contribution in [2.75, 3.05) is 24.7 Å². The Morgan fingerprint density at radius 1 is 1.62 bits per heavy atom. The van der Waals surface area contributed by atoms with Gasteiger partial charge in [-0.15, -0.1) is 0 Å². The zero-order valence-corrected chi connectivity index (χ0v) is 7.41. The van der Waals surface area contributed by atoms with Crippen molar-refractivity contribution in [1.82, 2.24) is 0 Å². The molecular formula is C9H12N2O2. The van der Waals surface area contributed by atoms with Crippen LogP contribution in [0.4, 0.5) is 11.4 Å². The standard InChI is InChI=1S/C9H12N2O2/c1-13-9-3-2-7(6-8(9)10)11-4-5-12/h2-3,5-6,11H,4,10H2,1H3. The van der Waals surface area contributed by atoms with Gasteiger partial charge < -0.3 is 20.6 Å². The van der Waals surface area contributed by atoms with E-state index in [-0.39, 0.29) is 6.54 Å². The topological polar surface area (TPSA) is 64.3 Å². The first-order chi connectivity index (χ1) is 6.27. The maximum absolute atomic E-state index is 10.1. The van der Waals surface area contributed by atoms with Crippen LogP contribution in [0, 0.1) is 0 Å². The molecule has 0 saturated carbocycles. The third-order valence-corrected chi connectivity index (χ3v) is 1.62. The fourth-order valence-corrected chi connectivity index (χ4v) is 1.00. The van der Waals surface area contributed by atoms with Crippen LogP contribution in [0.2, 0.25) is 0 Å². The Labute approximate surface area is 76.7 Å². The highest BCUT2D eigenvalue weighted by Crippen LogP contribution is 2.24. The third kappa shape index (κ3) is 2.37. The molecule has 0 fully saturated rings. The van der Waals surface area contributed by atoms with Gasteiger partial charge in [0, 0.05) is 5.69 Å². The van der Waals surface area contributed by atoms with Crippen LogP contribution in [0.25, 0.3) is 0 Å². The number of rotatable bonds is 4. The van der Waals surface area contributed by atoms with E-state index in [2.05, 4.69) is 5.32 Å². The van der Waals surface area contributed by atoms with Gasteiger partial charge in [-0.3, -0.25) is 0 Å². The number of carbonyl (C=O) groups is 1. The minimum absolute atomic E-state index is 0.284. The molecule has 1 aromatic rings. The Morgan fingerprint density at radius 2 is 2.38 bits per heavy atom. The van der Waals surface area contributed by atoms with Gasteiger partial charge in [-0.2, -0.15) is 0 Å². The Bertz CT molecular complexity index is 300. The van der Waals surface area contributed by atoms with Crippen LogP contribution < -0.4 is 15.8 Å². The van der Waals surface area contributed by atoms with Crippen LogP contribution in [0.15, 0.2) is 18.2 Å². The number of ether oxygens (including phenoxy) is 1. The fraction of sp³-hybridized carbons (Fsp3) is 0.222. The van der Waals surface area contributed by atoms with Crippen LogP contribution in [0.3, 0.4) is 0 Å². The Kier molecular flexibility index (Phi) is 3.14. The molecular weight excluding hydrogens is 168 g/mol. The highest BCUT2D eigenvalue weighted by molar-refractivity contribution is 5.65. The summed E-state index contributed by atoms with van der Waals surface area (Å²) in [5.74, 6) is 0.636. The Hall–Kier alpha value is -1.71. The molecule has 0 spiro atoms. The second-order valence-corrected chi connectivity index (χ2v) is 2.50. The molecule has 4 heteroatoms. The number of aldehydes is 1. The largest absolute Gasteiger partial charge is 0.495 e. The first-order valence-corrected chi connectivity index (χ1v) is 3.89. The van der Waals surface area contributed by atoms with Crippen LogP contribution in [-0.2, 0) is 4.79 Å². The zero-order valence-electron chi connectivity index (χ0n) is 7.41. The summed E-state index contributed by atoms with van der Waals surface area (Å²) in [7, 11) is 1.56. The van der Waals surface area contributed by atoms with E-state index in [1.54, 1.807) is 25.3 Å². The van der Waals surface area contributed by atoms with E-state index in [1.165, 1.54) is 0 Å². The van der Waals surface area contributed by atoms with Gasteiger partial charge in [-0.1, -0.05) is 0 Å². The Balaban J connectivity index is 2.76. The van der Waals surface area contributed by atoms with E-state index in [0.717, 1.165) is 12.0 Å². The van der Waals surface area contributed by atoms with Gasteiger partial charge >= 0.3 is 0 Å². The monoisotopic (exact) mass is 180 g/mol. The molecule has 0 aliphatic heterocycles. The van der Waals surface area contributed by atoms with Crippen LogP contribution in [-0.4, -0.2) is 19.9 Å². The molecule has 0 aliphatic rings. The van der Waals surface area contributed by atoms with Gasteiger partial charge in [0.1, 0.15) is 12.0 Å².